The van der Waals surface area contributed by atoms with Gasteiger partial charge in [0.2, 0.25) is 0 Å². The maximum Gasteiger partial charge on any atom is 0.0991 e. The molecule has 0 saturated carbocycles. The van der Waals surface area contributed by atoms with Crippen LogP contribution in [0.1, 0.15) is 42.5 Å². The third-order valence-corrected chi connectivity index (χ3v) is 6.77. The van der Waals surface area contributed by atoms with Gasteiger partial charge in [0, 0.05) is 36.0 Å². The van der Waals surface area contributed by atoms with Crippen molar-refractivity contribution >= 4 is 11.8 Å². The average Bonchev–Trinajstić information content (AvgIpc) is 3.12. The molecule has 0 radical (unpaired) electrons. The van der Waals surface area contributed by atoms with E-state index in [9.17, 15) is 0 Å². The van der Waals surface area contributed by atoms with Gasteiger partial charge >= 0.3 is 0 Å². The molecule has 158 valence electrons. The van der Waals surface area contributed by atoms with E-state index in [0.29, 0.717) is 11.6 Å². The highest BCUT2D eigenvalue weighted by Gasteiger charge is 2.13. The van der Waals surface area contributed by atoms with Crippen molar-refractivity contribution in [2.24, 2.45) is 0 Å². The quantitative estimate of drug-likeness (QED) is 0.377. The smallest absolute Gasteiger partial charge is 0.0991 e. The molecule has 1 heterocycles. The van der Waals surface area contributed by atoms with E-state index in [-0.39, 0.29) is 0 Å². The van der Waals surface area contributed by atoms with Crippen LogP contribution in [-0.4, -0.2) is 21.3 Å². The molecule has 1 aromatic heterocycles. The van der Waals surface area contributed by atoms with E-state index in [1.807, 2.05) is 48.6 Å². The molecule has 0 spiro atoms. The maximum atomic E-state index is 8.97. The molecule has 1 aliphatic rings. The molecule has 2 aromatic carbocycles. The molecule has 4 rings (SSSR count). The molecule has 3 aromatic rings. The summed E-state index contributed by atoms with van der Waals surface area (Å²) in [6.07, 6.45) is 11.2. The molecule has 1 unspecified atom stereocenters. The number of nitrogens with zero attached hydrogens (tertiary/aromatic N) is 3. The van der Waals surface area contributed by atoms with Crippen LogP contribution in [-0.2, 0) is 13.1 Å². The Labute approximate surface area is 189 Å². The first-order chi connectivity index (χ1) is 15.3. The minimum Gasteiger partial charge on any atom is -0.329 e. The van der Waals surface area contributed by atoms with Gasteiger partial charge in [0.05, 0.1) is 23.7 Å². The Bertz CT molecular complexity index is 1030. The van der Waals surface area contributed by atoms with Gasteiger partial charge in [0.1, 0.15) is 0 Å². The molecule has 0 aliphatic heterocycles. The van der Waals surface area contributed by atoms with Crippen LogP contribution in [0.5, 0.6) is 0 Å². The van der Waals surface area contributed by atoms with Gasteiger partial charge in [0.25, 0.3) is 0 Å². The monoisotopic (exact) mass is 428 g/mol. The summed E-state index contributed by atoms with van der Waals surface area (Å²) in [5, 5.41) is 12.7. The number of benzene rings is 2. The van der Waals surface area contributed by atoms with Crippen LogP contribution in [0.4, 0.5) is 0 Å². The molecule has 4 nitrogen and oxygen atoms in total. The summed E-state index contributed by atoms with van der Waals surface area (Å²) in [7, 11) is 0. The lowest BCUT2D eigenvalue weighted by molar-refractivity contribution is 0.525. The fraction of sp³-hybridized carbons (Fsp3) is 0.308. The third kappa shape index (κ3) is 6.33. The third-order valence-electron chi connectivity index (χ3n) is 5.65. The van der Waals surface area contributed by atoms with E-state index in [4.69, 9.17) is 5.26 Å². The number of imidazole rings is 1. The fourth-order valence-corrected chi connectivity index (χ4v) is 4.84. The molecule has 1 aliphatic carbocycles. The zero-order valence-electron chi connectivity index (χ0n) is 17.7. The Balaban J connectivity index is 1.34. The predicted molar refractivity (Wildman–Crippen MR) is 127 cm³/mol. The molecule has 31 heavy (non-hydrogen) atoms. The van der Waals surface area contributed by atoms with E-state index in [1.165, 1.54) is 41.8 Å². The van der Waals surface area contributed by atoms with E-state index >= 15 is 0 Å². The Hall–Kier alpha value is -2.81. The van der Waals surface area contributed by atoms with Crippen LogP contribution in [0, 0.1) is 11.3 Å². The number of hydrogen-bond acceptors (Lipinski definition) is 4. The molecule has 0 fully saturated rings. The van der Waals surface area contributed by atoms with Gasteiger partial charge in [-0.2, -0.15) is 5.26 Å². The van der Waals surface area contributed by atoms with Crippen LogP contribution in [0.15, 0.2) is 83.7 Å². The lowest BCUT2D eigenvalue weighted by Crippen LogP contribution is -2.27. The molecule has 0 saturated heterocycles. The summed E-state index contributed by atoms with van der Waals surface area (Å²) >= 11 is 1.93. The molecule has 5 heteroatoms. The lowest BCUT2D eigenvalue weighted by Gasteiger charge is -2.16. The molecular weight excluding hydrogens is 400 g/mol. The molecule has 0 bridgehead atoms. The van der Waals surface area contributed by atoms with Crippen molar-refractivity contribution < 1.29 is 0 Å². The number of hydrogen-bond donors (Lipinski definition) is 1. The minimum atomic E-state index is 0.409. The van der Waals surface area contributed by atoms with Crippen molar-refractivity contribution in [3.8, 4) is 6.07 Å². The van der Waals surface area contributed by atoms with Crippen LogP contribution >= 0.6 is 11.8 Å². The highest BCUT2D eigenvalue weighted by Crippen LogP contribution is 2.25. The highest BCUT2D eigenvalue weighted by molar-refractivity contribution is 7.99. The summed E-state index contributed by atoms with van der Waals surface area (Å²) in [6, 6.07) is 21.0. The van der Waals surface area contributed by atoms with Gasteiger partial charge in [-0.15, -0.1) is 11.8 Å². The minimum absolute atomic E-state index is 0.409. The summed E-state index contributed by atoms with van der Waals surface area (Å²) in [4.78, 5) is 5.70. The second-order valence-electron chi connectivity index (χ2n) is 7.98. The Morgan fingerprint density at radius 1 is 1.10 bits per heavy atom. The second kappa shape index (κ2) is 11.0. The van der Waals surface area contributed by atoms with Crippen molar-refractivity contribution in [3.05, 3.63) is 95.6 Å². The van der Waals surface area contributed by atoms with Crippen molar-refractivity contribution in [3.63, 3.8) is 0 Å². The summed E-state index contributed by atoms with van der Waals surface area (Å²) in [5.74, 6) is 1.07. The standard InChI is InChI=1S/C26H28N4S/c27-15-21-10-12-22(13-11-21)18-30-20-28-16-25(30)17-29-24-7-5-4-6-23(14-24)19-31-26-8-2-1-3-9-26/h1-3,8-14,16,20,24,29H,4-7,17-19H2. The van der Waals surface area contributed by atoms with E-state index in [2.05, 4.69) is 57.3 Å². The molecule has 0 amide bonds. The molecule has 1 atom stereocenters. The summed E-state index contributed by atoms with van der Waals surface area (Å²) < 4.78 is 2.18. The topological polar surface area (TPSA) is 53.6 Å². The largest absolute Gasteiger partial charge is 0.329 e. The number of rotatable bonds is 8. The fourth-order valence-electron chi connectivity index (χ4n) is 3.90. The van der Waals surface area contributed by atoms with Crippen LogP contribution < -0.4 is 5.32 Å². The maximum absolute atomic E-state index is 8.97. The molecule has 1 N–H and O–H groups in total. The summed E-state index contributed by atoms with van der Waals surface area (Å²) in [5.41, 5.74) is 4.60. The summed E-state index contributed by atoms with van der Waals surface area (Å²) in [6.45, 7) is 1.57. The predicted octanol–water partition coefficient (Wildman–Crippen LogP) is 5.55. The van der Waals surface area contributed by atoms with Crippen LogP contribution in [0.2, 0.25) is 0 Å². The van der Waals surface area contributed by atoms with Crippen molar-refractivity contribution in [1.82, 2.24) is 14.9 Å². The highest BCUT2D eigenvalue weighted by atomic mass is 32.2. The number of nitrogens with one attached hydrogen (secondary N) is 1. The average molecular weight is 429 g/mol. The number of thioether (sulfide) groups is 1. The van der Waals surface area contributed by atoms with Gasteiger partial charge in [-0.3, -0.25) is 0 Å². The van der Waals surface area contributed by atoms with Gasteiger partial charge < -0.3 is 9.88 Å². The van der Waals surface area contributed by atoms with Gasteiger partial charge in [0.15, 0.2) is 0 Å². The molecular formula is C26H28N4S. The second-order valence-corrected chi connectivity index (χ2v) is 9.03. The van der Waals surface area contributed by atoms with E-state index in [1.54, 1.807) is 5.57 Å². The van der Waals surface area contributed by atoms with Crippen LogP contribution in [0.3, 0.4) is 0 Å². The Morgan fingerprint density at radius 2 is 1.94 bits per heavy atom. The first kappa shape index (κ1) is 21.4. The Morgan fingerprint density at radius 3 is 2.74 bits per heavy atom. The van der Waals surface area contributed by atoms with E-state index in [0.717, 1.165) is 18.8 Å². The van der Waals surface area contributed by atoms with Crippen molar-refractivity contribution in [2.45, 2.75) is 49.7 Å². The zero-order valence-corrected chi connectivity index (χ0v) is 18.5. The zero-order chi connectivity index (χ0) is 21.3. The number of nitriles is 1. The van der Waals surface area contributed by atoms with Crippen molar-refractivity contribution in [2.75, 3.05) is 5.75 Å². The Kier molecular flexibility index (Phi) is 7.60. The first-order valence-corrected chi connectivity index (χ1v) is 11.9. The van der Waals surface area contributed by atoms with Gasteiger partial charge in [-0.25, -0.2) is 4.98 Å². The van der Waals surface area contributed by atoms with Gasteiger partial charge in [-0.05, 0) is 49.1 Å². The van der Waals surface area contributed by atoms with Crippen molar-refractivity contribution in [1.29, 1.82) is 5.26 Å². The normalized spacial score (nSPS) is 16.4. The lowest BCUT2D eigenvalue weighted by atomic mass is 10.1. The SMILES string of the molecule is N#Cc1ccc(Cn2cncc2CNC2C=C(CSc3ccccc3)CCCC2)cc1. The van der Waals surface area contributed by atoms with Gasteiger partial charge in [-0.1, -0.05) is 48.4 Å². The van der Waals surface area contributed by atoms with Crippen LogP contribution in [0.25, 0.3) is 0 Å². The first-order valence-electron chi connectivity index (χ1n) is 10.9. The van der Waals surface area contributed by atoms with E-state index < -0.39 is 0 Å². The number of aromatic nitrogens is 2.